The summed E-state index contributed by atoms with van der Waals surface area (Å²) < 4.78 is 5.16. The molecule has 0 radical (unpaired) electrons. The summed E-state index contributed by atoms with van der Waals surface area (Å²) in [4.78, 5) is 49.9. The summed E-state index contributed by atoms with van der Waals surface area (Å²) in [5, 5.41) is 20.5. The van der Waals surface area contributed by atoms with Gasteiger partial charge in [-0.3, -0.25) is 14.4 Å². The van der Waals surface area contributed by atoms with Gasteiger partial charge in [0.05, 0.1) is 19.6 Å². The number of nitrogens with one attached hydrogen (secondary N) is 4. The van der Waals surface area contributed by atoms with E-state index in [9.17, 15) is 24.3 Å². The van der Waals surface area contributed by atoms with Crippen molar-refractivity contribution in [1.82, 2.24) is 5.32 Å². The third kappa shape index (κ3) is 10.3. The predicted octanol–water partition coefficient (Wildman–Crippen LogP) is 5.66. The Morgan fingerprint density at radius 2 is 1.32 bits per heavy atom. The number of carboxylic acid groups (broad SMARTS) is 1. The highest BCUT2D eigenvalue weighted by Gasteiger charge is 2.27. The van der Waals surface area contributed by atoms with Gasteiger partial charge < -0.3 is 31.1 Å². The molecule has 2 atom stereocenters. The average Bonchev–Trinajstić information content (AvgIpc) is 2.93. The van der Waals surface area contributed by atoms with Crippen LogP contribution in [0.3, 0.4) is 0 Å². The van der Waals surface area contributed by atoms with Crippen molar-refractivity contribution in [2.75, 3.05) is 23.1 Å². The SMILES string of the molecule is COc1ccc(C(CC(=O)O)NC(=O)C(CC(=O)Nc2ccc(NC(=O)Nc3ccccc3)cc2)CC(C)C)cc1. The molecule has 0 heterocycles. The van der Waals surface area contributed by atoms with E-state index in [0.29, 0.717) is 34.8 Å². The fraction of sp³-hybridized carbons (Fsp3) is 0.290. The topological polar surface area (TPSA) is 146 Å². The molecule has 0 aliphatic rings. The highest BCUT2D eigenvalue weighted by molar-refractivity contribution is 6.00. The molecule has 0 aliphatic heterocycles. The maximum atomic E-state index is 13.3. The lowest BCUT2D eigenvalue weighted by Crippen LogP contribution is -2.37. The lowest BCUT2D eigenvalue weighted by Gasteiger charge is -2.23. The van der Waals surface area contributed by atoms with E-state index in [1.54, 1.807) is 60.7 Å². The predicted molar refractivity (Wildman–Crippen MR) is 158 cm³/mol. The second kappa shape index (κ2) is 15.1. The Kier molecular flexibility index (Phi) is 11.3. The van der Waals surface area contributed by atoms with Crippen LogP contribution in [0, 0.1) is 11.8 Å². The normalized spacial score (nSPS) is 12.1. The molecule has 0 aromatic heterocycles. The van der Waals surface area contributed by atoms with E-state index < -0.39 is 24.0 Å². The molecular weight excluding hydrogens is 524 g/mol. The molecule has 3 aromatic rings. The van der Waals surface area contributed by atoms with Crippen LogP contribution in [0.5, 0.6) is 5.75 Å². The molecule has 2 unspecified atom stereocenters. The summed E-state index contributed by atoms with van der Waals surface area (Å²) in [5.41, 5.74) is 2.33. The van der Waals surface area contributed by atoms with Crippen molar-refractivity contribution < 1.29 is 29.0 Å². The van der Waals surface area contributed by atoms with Gasteiger partial charge in [0.15, 0.2) is 0 Å². The molecule has 0 fully saturated rings. The van der Waals surface area contributed by atoms with Crippen LogP contribution in [0.25, 0.3) is 0 Å². The van der Waals surface area contributed by atoms with Crippen LogP contribution in [0.15, 0.2) is 78.9 Å². The van der Waals surface area contributed by atoms with Gasteiger partial charge in [0.2, 0.25) is 11.8 Å². The standard InChI is InChI=1S/C31H36N4O6/c1-20(2)17-22(30(39)35-27(19-29(37)38)21-9-15-26(41-3)16-10-21)18-28(36)32-24-11-13-25(14-12-24)34-31(40)33-23-7-5-4-6-8-23/h4-16,20,22,27H,17-19H2,1-3H3,(H,32,36)(H,35,39)(H,37,38)(H2,33,34,40). The third-order valence-electron chi connectivity index (χ3n) is 6.23. The number of carbonyl (C=O) groups excluding carboxylic acids is 3. The number of aliphatic carboxylic acids is 1. The number of benzene rings is 3. The molecule has 0 spiro atoms. The Bertz CT molecular complexity index is 1310. The van der Waals surface area contributed by atoms with Crippen LogP contribution in [-0.2, 0) is 14.4 Å². The van der Waals surface area contributed by atoms with E-state index in [1.165, 1.54) is 7.11 Å². The maximum Gasteiger partial charge on any atom is 0.323 e. The summed E-state index contributed by atoms with van der Waals surface area (Å²) in [7, 11) is 1.53. The van der Waals surface area contributed by atoms with Crippen molar-refractivity contribution in [2.45, 2.75) is 39.2 Å². The average molecular weight is 561 g/mol. The fourth-order valence-electron chi connectivity index (χ4n) is 4.29. The molecule has 216 valence electrons. The summed E-state index contributed by atoms with van der Waals surface area (Å²) in [5.74, 6) is -1.72. The first-order valence-corrected chi connectivity index (χ1v) is 13.3. The third-order valence-corrected chi connectivity index (χ3v) is 6.23. The van der Waals surface area contributed by atoms with Crippen molar-refractivity contribution in [3.63, 3.8) is 0 Å². The summed E-state index contributed by atoms with van der Waals surface area (Å²) in [6, 6.07) is 21.3. The van der Waals surface area contributed by atoms with Crippen molar-refractivity contribution >= 4 is 40.9 Å². The number of anilines is 3. The highest BCUT2D eigenvalue weighted by atomic mass is 16.5. The number of hydrogen-bond donors (Lipinski definition) is 5. The number of methoxy groups -OCH3 is 1. The fourth-order valence-corrected chi connectivity index (χ4v) is 4.29. The minimum Gasteiger partial charge on any atom is -0.497 e. The first-order chi connectivity index (χ1) is 19.6. The zero-order chi connectivity index (χ0) is 29.8. The lowest BCUT2D eigenvalue weighted by atomic mass is 9.92. The Labute approximate surface area is 239 Å². The largest absolute Gasteiger partial charge is 0.497 e. The Morgan fingerprint density at radius 1 is 0.756 bits per heavy atom. The van der Waals surface area contributed by atoms with E-state index in [2.05, 4.69) is 21.3 Å². The molecule has 5 N–H and O–H groups in total. The van der Waals surface area contributed by atoms with Gasteiger partial charge in [-0.05, 0) is 66.4 Å². The molecule has 3 rings (SSSR count). The summed E-state index contributed by atoms with van der Waals surface area (Å²) in [6.45, 7) is 3.91. The molecule has 41 heavy (non-hydrogen) atoms. The molecule has 0 saturated carbocycles. The molecule has 4 amide bonds. The summed E-state index contributed by atoms with van der Waals surface area (Å²) >= 11 is 0. The molecule has 0 saturated heterocycles. The number of hydrogen-bond acceptors (Lipinski definition) is 5. The molecule has 3 aromatic carbocycles. The minimum atomic E-state index is -1.06. The van der Waals surface area contributed by atoms with Gasteiger partial charge in [-0.1, -0.05) is 44.2 Å². The van der Waals surface area contributed by atoms with Crippen molar-refractivity contribution in [2.24, 2.45) is 11.8 Å². The van der Waals surface area contributed by atoms with Crippen molar-refractivity contribution in [3.05, 3.63) is 84.4 Å². The zero-order valence-electron chi connectivity index (χ0n) is 23.3. The van der Waals surface area contributed by atoms with Crippen LogP contribution in [0.1, 0.15) is 44.7 Å². The van der Waals surface area contributed by atoms with Crippen molar-refractivity contribution in [3.8, 4) is 5.75 Å². The number of carbonyl (C=O) groups is 4. The van der Waals surface area contributed by atoms with Gasteiger partial charge >= 0.3 is 12.0 Å². The molecule has 0 bridgehead atoms. The second-order valence-electron chi connectivity index (χ2n) is 10.0. The van der Waals surface area contributed by atoms with E-state index in [4.69, 9.17) is 4.74 Å². The first-order valence-electron chi connectivity index (χ1n) is 13.3. The minimum absolute atomic E-state index is 0.0775. The van der Waals surface area contributed by atoms with E-state index in [1.807, 2.05) is 32.0 Å². The number of amides is 4. The Hall–Kier alpha value is -4.86. The molecular formula is C31H36N4O6. The number of rotatable bonds is 13. The second-order valence-corrected chi connectivity index (χ2v) is 10.0. The number of para-hydroxylation sites is 1. The van der Waals surface area contributed by atoms with Crippen LogP contribution >= 0.6 is 0 Å². The van der Waals surface area contributed by atoms with E-state index in [0.717, 1.165) is 0 Å². The number of carboxylic acids is 1. The van der Waals surface area contributed by atoms with E-state index in [-0.39, 0.29) is 30.6 Å². The van der Waals surface area contributed by atoms with E-state index >= 15 is 0 Å². The van der Waals surface area contributed by atoms with Crippen LogP contribution in [-0.4, -0.2) is 36.0 Å². The van der Waals surface area contributed by atoms with Gasteiger partial charge in [0, 0.05) is 29.4 Å². The quantitative estimate of drug-likeness (QED) is 0.182. The Balaban J connectivity index is 1.60. The van der Waals surface area contributed by atoms with Gasteiger partial charge in [-0.25, -0.2) is 4.79 Å². The van der Waals surface area contributed by atoms with Crippen LogP contribution in [0.4, 0.5) is 21.9 Å². The van der Waals surface area contributed by atoms with Gasteiger partial charge in [-0.2, -0.15) is 0 Å². The monoisotopic (exact) mass is 560 g/mol. The molecule has 0 aliphatic carbocycles. The smallest absolute Gasteiger partial charge is 0.323 e. The lowest BCUT2D eigenvalue weighted by molar-refractivity contribution is -0.138. The number of ether oxygens (including phenoxy) is 1. The highest BCUT2D eigenvalue weighted by Crippen LogP contribution is 2.24. The molecule has 10 nitrogen and oxygen atoms in total. The van der Waals surface area contributed by atoms with Gasteiger partial charge in [-0.15, -0.1) is 0 Å². The van der Waals surface area contributed by atoms with Gasteiger partial charge in [0.25, 0.3) is 0 Å². The summed E-state index contributed by atoms with van der Waals surface area (Å²) in [6.07, 6.45) is 0.0648. The zero-order valence-corrected chi connectivity index (χ0v) is 23.3. The Morgan fingerprint density at radius 3 is 1.85 bits per heavy atom. The number of urea groups is 1. The maximum absolute atomic E-state index is 13.3. The van der Waals surface area contributed by atoms with Crippen LogP contribution in [0.2, 0.25) is 0 Å². The molecule has 10 heteroatoms. The van der Waals surface area contributed by atoms with Gasteiger partial charge in [0.1, 0.15) is 5.75 Å². The van der Waals surface area contributed by atoms with Crippen LogP contribution < -0.4 is 26.0 Å². The van der Waals surface area contributed by atoms with Crippen molar-refractivity contribution in [1.29, 1.82) is 0 Å². The first kappa shape index (κ1) is 30.7.